The Morgan fingerprint density at radius 2 is 2.16 bits per heavy atom. The second-order valence-electron chi connectivity index (χ2n) is 4.08. The molecule has 0 aliphatic rings. The Labute approximate surface area is 114 Å². The largest absolute Gasteiger partial charge is 0.497 e. The Bertz CT molecular complexity index is 725. The van der Waals surface area contributed by atoms with Gasteiger partial charge in [-0.1, -0.05) is 23.7 Å². The van der Waals surface area contributed by atoms with Gasteiger partial charge in [0.25, 0.3) is 0 Å². The molecule has 96 valence electrons. The molecule has 2 aromatic heterocycles. The van der Waals surface area contributed by atoms with E-state index in [9.17, 15) is 0 Å². The second kappa shape index (κ2) is 4.85. The maximum absolute atomic E-state index is 5.82. The first-order valence-electron chi connectivity index (χ1n) is 5.74. The van der Waals surface area contributed by atoms with Gasteiger partial charge < -0.3 is 4.74 Å². The topological polar surface area (TPSA) is 52.3 Å². The number of benzene rings is 1. The van der Waals surface area contributed by atoms with E-state index in [2.05, 4.69) is 15.2 Å². The standard InChI is InChI=1S/C13H11ClN4O/c1-19-10-4-2-3-9(5-10)6-12-16-17-13-7-11(14)15-8-18(12)13/h2-5,7-8H,6H2,1H3. The van der Waals surface area contributed by atoms with Gasteiger partial charge in [-0.2, -0.15) is 0 Å². The molecule has 0 saturated carbocycles. The van der Waals surface area contributed by atoms with Gasteiger partial charge in [0, 0.05) is 12.5 Å². The molecule has 0 aliphatic heterocycles. The summed E-state index contributed by atoms with van der Waals surface area (Å²) in [5, 5.41) is 8.65. The van der Waals surface area contributed by atoms with Crippen LogP contribution in [0.3, 0.4) is 0 Å². The maximum Gasteiger partial charge on any atom is 0.165 e. The molecule has 5 nitrogen and oxygen atoms in total. The SMILES string of the molecule is COc1cccc(Cc2nnc3cc(Cl)ncn23)c1. The Hall–Kier alpha value is -2.14. The Morgan fingerprint density at radius 3 is 3.00 bits per heavy atom. The number of hydrogen-bond acceptors (Lipinski definition) is 4. The highest BCUT2D eigenvalue weighted by molar-refractivity contribution is 6.29. The lowest BCUT2D eigenvalue weighted by atomic mass is 10.1. The summed E-state index contributed by atoms with van der Waals surface area (Å²) in [7, 11) is 1.65. The first-order chi connectivity index (χ1) is 9.26. The molecule has 0 amide bonds. The maximum atomic E-state index is 5.82. The third-order valence-corrected chi connectivity index (χ3v) is 3.04. The smallest absolute Gasteiger partial charge is 0.165 e. The van der Waals surface area contributed by atoms with Gasteiger partial charge >= 0.3 is 0 Å². The van der Waals surface area contributed by atoms with Crippen LogP contribution >= 0.6 is 11.6 Å². The van der Waals surface area contributed by atoms with Crippen LogP contribution in [0.4, 0.5) is 0 Å². The van der Waals surface area contributed by atoms with Gasteiger partial charge in [-0.25, -0.2) is 4.98 Å². The number of aromatic nitrogens is 4. The molecule has 0 N–H and O–H groups in total. The third kappa shape index (κ3) is 2.37. The van der Waals surface area contributed by atoms with Crippen molar-refractivity contribution in [3.05, 3.63) is 53.2 Å². The molecule has 6 heteroatoms. The molecule has 19 heavy (non-hydrogen) atoms. The zero-order valence-corrected chi connectivity index (χ0v) is 11.0. The lowest BCUT2D eigenvalue weighted by Crippen LogP contribution is -1.97. The van der Waals surface area contributed by atoms with E-state index in [-0.39, 0.29) is 0 Å². The van der Waals surface area contributed by atoms with Crippen LogP contribution in [0, 0.1) is 0 Å². The fraction of sp³-hybridized carbons (Fsp3) is 0.154. The number of nitrogens with zero attached hydrogens (tertiary/aromatic N) is 4. The normalized spacial score (nSPS) is 10.8. The third-order valence-electron chi connectivity index (χ3n) is 2.83. The molecule has 0 atom stereocenters. The predicted octanol–water partition coefficient (Wildman–Crippen LogP) is 2.38. The zero-order chi connectivity index (χ0) is 13.2. The molecule has 0 aliphatic carbocycles. The van der Waals surface area contributed by atoms with Gasteiger partial charge in [0.15, 0.2) is 5.65 Å². The van der Waals surface area contributed by atoms with E-state index in [1.807, 2.05) is 28.7 Å². The van der Waals surface area contributed by atoms with E-state index in [4.69, 9.17) is 16.3 Å². The summed E-state index contributed by atoms with van der Waals surface area (Å²) < 4.78 is 7.03. The van der Waals surface area contributed by atoms with Gasteiger partial charge in [0.2, 0.25) is 0 Å². The van der Waals surface area contributed by atoms with Crippen molar-refractivity contribution in [3.8, 4) is 5.75 Å². The average Bonchev–Trinajstić information content (AvgIpc) is 2.81. The first-order valence-corrected chi connectivity index (χ1v) is 6.12. The van der Waals surface area contributed by atoms with Gasteiger partial charge in [0.05, 0.1) is 7.11 Å². The molecule has 0 radical (unpaired) electrons. The van der Waals surface area contributed by atoms with Crippen molar-refractivity contribution in [2.75, 3.05) is 7.11 Å². The molecule has 0 bridgehead atoms. The van der Waals surface area contributed by atoms with E-state index >= 15 is 0 Å². The highest BCUT2D eigenvalue weighted by Gasteiger charge is 2.07. The number of ether oxygens (including phenoxy) is 1. The molecule has 0 saturated heterocycles. The quantitative estimate of drug-likeness (QED) is 0.688. The molecule has 0 unspecified atom stereocenters. The highest BCUT2D eigenvalue weighted by atomic mass is 35.5. The summed E-state index contributed by atoms with van der Waals surface area (Å²) in [4.78, 5) is 4.04. The Balaban J connectivity index is 1.96. The summed E-state index contributed by atoms with van der Waals surface area (Å²) >= 11 is 5.82. The summed E-state index contributed by atoms with van der Waals surface area (Å²) in [6, 6.07) is 9.54. The van der Waals surface area contributed by atoms with Crippen LogP contribution in [0.25, 0.3) is 5.65 Å². The van der Waals surface area contributed by atoms with Crippen molar-refractivity contribution in [3.63, 3.8) is 0 Å². The predicted molar refractivity (Wildman–Crippen MR) is 71.6 cm³/mol. The fourth-order valence-corrected chi connectivity index (χ4v) is 2.05. The number of halogens is 1. The van der Waals surface area contributed by atoms with E-state index < -0.39 is 0 Å². The van der Waals surface area contributed by atoms with E-state index in [0.717, 1.165) is 17.1 Å². The van der Waals surface area contributed by atoms with E-state index in [1.54, 1.807) is 19.5 Å². The second-order valence-corrected chi connectivity index (χ2v) is 4.47. The summed E-state index contributed by atoms with van der Waals surface area (Å²) in [6.07, 6.45) is 2.29. The lowest BCUT2D eigenvalue weighted by molar-refractivity contribution is 0.414. The van der Waals surface area contributed by atoms with Crippen LogP contribution < -0.4 is 4.74 Å². The molecule has 1 aromatic carbocycles. The first kappa shape index (κ1) is 11.9. The van der Waals surface area contributed by atoms with Crippen LogP contribution in [-0.4, -0.2) is 26.7 Å². The zero-order valence-electron chi connectivity index (χ0n) is 10.2. The summed E-state index contributed by atoms with van der Waals surface area (Å²) in [6.45, 7) is 0. The molecule has 0 fully saturated rings. The van der Waals surface area contributed by atoms with Crippen LogP contribution in [0.5, 0.6) is 5.75 Å². The molecular formula is C13H11ClN4O. The van der Waals surface area contributed by atoms with Crippen molar-refractivity contribution in [2.24, 2.45) is 0 Å². The Morgan fingerprint density at radius 1 is 1.26 bits per heavy atom. The molecule has 3 rings (SSSR count). The molecule has 3 aromatic rings. The van der Waals surface area contributed by atoms with Crippen molar-refractivity contribution >= 4 is 17.2 Å². The average molecular weight is 275 g/mol. The van der Waals surface area contributed by atoms with Gasteiger partial charge in [-0.3, -0.25) is 4.40 Å². The minimum atomic E-state index is 0.410. The fourth-order valence-electron chi connectivity index (χ4n) is 1.90. The van der Waals surface area contributed by atoms with Crippen LogP contribution in [-0.2, 0) is 6.42 Å². The lowest BCUT2D eigenvalue weighted by Gasteiger charge is -2.03. The van der Waals surface area contributed by atoms with Crippen molar-refractivity contribution in [1.82, 2.24) is 19.6 Å². The number of rotatable bonds is 3. The molecule has 0 spiro atoms. The number of fused-ring (bicyclic) bond motifs is 1. The van der Waals surface area contributed by atoms with Crippen LogP contribution in [0.15, 0.2) is 36.7 Å². The summed E-state index contributed by atoms with van der Waals surface area (Å²) in [5.41, 5.74) is 1.79. The van der Waals surface area contributed by atoms with Gasteiger partial charge in [0.1, 0.15) is 23.1 Å². The molecular weight excluding hydrogens is 264 g/mol. The highest BCUT2D eigenvalue weighted by Crippen LogP contribution is 2.16. The minimum Gasteiger partial charge on any atom is -0.497 e. The Kier molecular flexibility index (Phi) is 3.05. The summed E-state index contributed by atoms with van der Waals surface area (Å²) in [5.74, 6) is 1.64. The number of hydrogen-bond donors (Lipinski definition) is 0. The molecule has 2 heterocycles. The van der Waals surface area contributed by atoms with Gasteiger partial charge in [-0.05, 0) is 17.7 Å². The monoisotopic (exact) mass is 274 g/mol. The van der Waals surface area contributed by atoms with E-state index in [0.29, 0.717) is 17.2 Å². The number of methoxy groups -OCH3 is 1. The van der Waals surface area contributed by atoms with Crippen molar-refractivity contribution < 1.29 is 4.74 Å². The van der Waals surface area contributed by atoms with Gasteiger partial charge in [-0.15, -0.1) is 10.2 Å². The minimum absolute atomic E-state index is 0.410. The van der Waals surface area contributed by atoms with Crippen molar-refractivity contribution in [2.45, 2.75) is 6.42 Å². The van der Waals surface area contributed by atoms with Crippen LogP contribution in [0.2, 0.25) is 5.15 Å². The van der Waals surface area contributed by atoms with Crippen molar-refractivity contribution in [1.29, 1.82) is 0 Å². The van der Waals surface area contributed by atoms with Crippen LogP contribution in [0.1, 0.15) is 11.4 Å². The van der Waals surface area contributed by atoms with E-state index in [1.165, 1.54) is 0 Å².